The van der Waals surface area contributed by atoms with E-state index in [-0.39, 0.29) is 5.41 Å². The molecule has 3 heterocycles. The number of halogens is 1. The average molecular weight is 438 g/mol. The van der Waals surface area contributed by atoms with Gasteiger partial charge in [0, 0.05) is 19.2 Å². The summed E-state index contributed by atoms with van der Waals surface area (Å²) in [6.45, 7) is 4.21. The number of hydrogen-bond acceptors (Lipinski definition) is 4. The monoisotopic (exact) mass is 437 g/mol. The maximum absolute atomic E-state index is 5.65. The summed E-state index contributed by atoms with van der Waals surface area (Å²) < 4.78 is 2.30. The molecule has 0 unspecified atom stereocenters. The van der Waals surface area contributed by atoms with Crippen LogP contribution in [0.15, 0.2) is 54.3 Å². The lowest BCUT2D eigenvalue weighted by Gasteiger charge is -2.28. The first kappa shape index (κ1) is 22.0. The summed E-state index contributed by atoms with van der Waals surface area (Å²) in [5.74, 6) is 2.92. The highest BCUT2D eigenvalue weighted by molar-refractivity contribution is 6.31. The molecule has 0 spiro atoms. The molecule has 2 aromatic rings. The van der Waals surface area contributed by atoms with Gasteiger partial charge in [0.2, 0.25) is 0 Å². The molecular formula is C25H32ClN5. The minimum absolute atomic E-state index is 0.119. The zero-order valence-corrected chi connectivity index (χ0v) is 19.5. The normalized spacial score (nSPS) is 20.6. The average Bonchev–Trinajstić information content (AvgIpc) is 3.53. The van der Waals surface area contributed by atoms with E-state index >= 15 is 0 Å². The molecule has 0 bridgehead atoms. The van der Waals surface area contributed by atoms with E-state index in [1.54, 1.807) is 6.20 Å². The first-order chi connectivity index (χ1) is 15.0. The Labute approximate surface area is 190 Å². The third kappa shape index (κ3) is 4.83. The molecule has 1 saturated heterocycles. The van der Waals surface area contributed by atoms with Gasteiger partial charge < -0.3 is 9.47 Å². The van der Waals surface area contributed by atoms with Gasteiger partial charge in [-0.3, -0.25) is 4.98 Å². The zero-order valence-electron chi connectivity index (χ0n) is 18.8. The Morgan fingerprint density at radius 3 is 2.52 bits per heavy atom. The van der Waals surface area contributed by atoms with Gasteiger partial charge in [0.1, 0.15) is 11.6 Å². The van der Waals surface area contributed by atoms with Gasteiger partial charge in [-0.2, -0.15) is 0 Å². The minimum atomic E-state index is 0.119. The van der Waals surface area contributed by atoms with Crippen LogP contribution in [0.25, 0.3) is 0 Å². The van der Waals surface area contributed by atoms with Gasteiger partial charge in [0.15, 0.2) is 0 Å². The maximum atomic E-state index is 5.65. The van der Waals surface area contributed by atoms with Crippen LogP contribution in [-0.2, 0) is 12.5 Å². The third-order valence-electron chi connectivity index (χ3n) is 6.66. The van der Waals surface area contributed by atoms with Crippen molar-refractivity contribution in [2.45, 2.75) is 50.4 Å². The molecule has 0 radical (unpaired) electrons. The van der Waals surface area contributed by atoms with Gasteiger partial charge >= 0.3 is 0 Å². The quantitative estimate of drug-likeness (QED) is 0.666. The van der Waals surface area contributed by atoms with Crippen molar-refractivity contribution in [3.63, 3.8) is 0 Å². The SMILES string of the molecule is CN1CCC(c2nnc(C3(C4=CCC=CC=C4)CC3)n2C)CC1.Cc1ncccc1Cl. The maximum Gasteiger partial charge on any atom is 0.143 e. The summed E-state index contributed by atoms with van der Waals surface area (Å²) in [5, 5.41) is 10.00. The Morgan fingerprint density at radius 2 is 1.87 bits per heavy atom. The third-order valence-corrected chi connectivity index (χ3v) is 7.06. The second-order valence-electron chi connectivity index (χ2n) is 8.85. The van der Waals surface area contributed by atoms with Crippen LogP contribution < -0.4 is 0 Å². The molecule has 5 nitrogen and oxygen atoms in total. The highest BCUT2D eigenvalue weighted by Crippen LogP contribution is 2.54. The summed E-state index contributed by atoms with van der Waals surface area (Å²) in [7, 11) is 4.37. The Bertz CT molecular complexity index is 970. The van der Waals surface area contributed by atoms with Crippen molar-refractivity contribution >= 4 is 11.6 Å². The molecule has 0 amide bonds. The summed E-state index contributed by atoms with van der Waals surface area (Å²) in [4.78, 5) is 6.35. The predicted molar refractivity (Wildman–Crippen MR) is 126 cm³/mol. The van der Waals surface area contributed by atoms with Crippen molar-refractivity contribution < 1.29 is 0 Å². The number of nitrogens with zero attached hydrogens (tertiary/aromatic N) is 5. The van der Waals surface area contributed by atoms with Crippen LogP contribution in [0.5, 0.6) is 0 Å². The lowest BCUT2D eigenvalue weighted by Crippen LogP contribution is -2.30. The number of likely N-dealkylation sites (tertiary alicyclic amines) is 1. The van der Waals surface area contributed by atoms with Crippen LogP contribution in [0.2, 0.25) is 5.02 Å². The summed E-state index contributed by atoms with van der Waals surface area (Å²) in [5.41, 5.74) is 2.43. The van der Waals surface area contributed by atoms with E-state index in [2.05, 4.69) is 69.1 Å². The van der Waals surface area contributed by atoms with Crippen LogP contribution in [0.3, 0.4) is 0 Å². The number of piperidine rings is 1. The second-order valence-corrected chi connectivity index (χ2v) is 9.26. The van der Waals surface area contributed by atoms with Crippen LogP contribution in [0.1, 0.15) is 55.4 Å². The van der Waals surface area contributed by atoms with E-state index in [0.29, 0.717) is 5.92 Å². The number of rotatable bonds is 3. The van der Waals surface area contributed by atoms with E-state index in [1.165, 1.54) is 42.9 Å². The standard InChI is InChI=1S/C19H26N4.C6H6ClN/c1-22-13-9-15(10-14-22)17-20-21-18(23(17)2)19(11-12-19)16-7-5-3-4-6-8-16;1-5-6(7)3-2-4-8-5/h3-5,7-8,15H,6,9-14H2,1-2H3;2-4H,1H3. The molecule has 1 saturated carbocycles. The van der Waals surface area contributed by atoms with E-state index in [0.717, 1.165) is 30.2 Å². The second kappa shape index (κ2) is 9.49. The van der Waals surface area contributed by atoms with Gasteiger partial charge in [0.05, 0.1) is 16.1 Å². The first-order valence-corrected chi connectivity index (χ1v) is 11.6. The number of aromatic nitrogens is 4. The molecular weight excluding hydrogens is 406 g/mol. The van der Waals surface area contributed by atoms with E-state index in [4.69, 9.17) is 11.6 Å². The number of hydrogen-bond donors (Lipinski definition) is 0. The van der Waals surface area contributed by atoms with Gasteiger partial charge in [-0.1, -0.05) is 42.0 Å². The van der Waals surface area contributed by atoms with Gasteiger partial charge in [-0.05, 0) is 76.9 Å². The molecule has 31 heavy (non-hydrogen) atoms. The van der Waals surface area contributed by atoms with Crippen LogP contribution in [0, 0.1) is 6.92 Å². The van der Waals surface area contributed by atoms with Crippen molar-refractivity contribution in [3.05, 3.63) is 76.6 Å². The Kier molecular flexibility index (Phi) is 6.73. The first-order valence-electron chi connectivity index (χ1n) is 11.2. The molecule has 2 aliphatic carbocycles. The molecule has 2 aromatic heterocycles. The smallest absolute Gasteiger partial charge is 0.143 e. The van der Waals surface area contributed by atoms with Crippen LogP contribution in [-0.4, -0.2) is 44.8 Å². The van der Waals surface area contributed by atoms with Crippen LogP contribution in [0.4, 0.5) is 0 Å². The summed E-state index contributed by atoms with van der Waals surface area (Å²) in [6, 6.07) is 3.64. The zero-order chi connectivity index (χ0) is 21.8. The molecule has 0 aromatic carbocycles. The van der Waals surface area contributed by atoms with Gasteiger partial charge in [0.25, 0.3) is 0 Å². The fraction of sp³-hybridized carbons (Fsp3) is 0.480. The molecule has 0 N–H and O–H groups in total. The molecule has 3 aliphatic rings. The van der Waals surface area contributed by atoms with Crippen molar-refractivity contribution in [3.8, 4) is 0 Å². The molecule has 6 heteroatoms. The van der Waals surface area contributed by atoms with E-state index in [9.17, 15) is 0 Å². The van der Waals surface area contributed by atoms with Crippen LogP contribution >= 0.6 is 11.6 Å². The Balaban J connectivity index is 0.000000245. The van der Waals surface area contributed by atoms with Gasteiger partial charge in [-0.15, -0.1) is 10.2 Å². The van der Waals surface area contributed by atoms with Crippen molar-refractivity contribution in [2.75, 3.05) is 20.1 Å². The summed E-state index contributed by atoms with van der Waals surface area (Å²) in [6.07, 6.45) is 18.7. The molecule has 5 rings (SSSR count). The highest BCUT2D eigenvalue weighted by Gasteiger charge is 2.50. The fourth-order valence-electron chi connectivity index (χ4n) is 4.55. The summed E-state index contributed by atoms with van der Waals surface area (Å²) >= 11 is 5.65. The Hall–Kier alpha value is -2.24. The number of allylic oxidation sites excluding steroid dienone is 6. The van der Waals surface area contributed by atoms with E-state index in [1.807, 2.05) is 19.1 Å². The van der Waals surface area contributed by atoms with Crippen molar-refractivity contribution in [1.82, 2.24) is 24.6 Å². The highest BCUT2D eigenvalue weighted by atomic mass is 35.5. The predicted octanol–water partition coefficient (Wildman–Crippen LogP) is 5.14. The van der Waals surface area contributed by atoms with E-state index < -0.39 is 0 Å². The lowest BCUT2D eigenvalue weighted by atomic mass is 9.93. The molecule has 164 valence electrons. The molecule has 1 aliphatic heterocycles. The number of pyridine rings is 1. The fourth-order valence-corrected chi connectivity index (χ4v) is 4.67. The van der Waals surface area contributed by atoms with Crippen molar-refractivity contribution in [1.29, 1.82) is 0 Å². The molecule has 2 fully saturated rings. The Morgan fingerprint density at radius 1 is 1.10 bits per heavy atom. The van der Waals surface area contributed by atoms with Crippen molar-refractivity contribution in [2.24, 2.45) is 7.05 Å². The molecule has 0 atom stereocenters. The number of aryl methyl sites for hydroxylation is 1. The largest absolute Gasteiger partial charge is 0.317 e. The minimum Gasteiger partial charge on any atom is -0.317 e. The topological polar surface area (TPSA) is 46.8 Å². The lowest BCUT2D eigenvalue weighted by molar-refractivity contribution is 0.249. The van der Waals surface area contributed by atoms with Gasteiger partial charge in [-0.25, -0.2) is 0 Å².